The highest BCUT2D eigenvalue weighted by atomic mass is 79.9. The molecule has 1 aromatic carbocycles. The third kappa shape index (κ3) is 3.69. The Morgan fingerprint density at radius 2 is 2.00 bits per heavy atom. The van der Waals surface area contributed by atoms with Crippen molar-refractivity contribution in [1.82, 2.24) is 0 Å². The van der Waals surface area contributed by atoms with Crippen molar-refractivity contribution in [3.63, 3.8) is 0 Å². The number of nitrogens with one attached hydrogen (secondary N) is 1. The van der Waals surface area contributed by atoms with Crippen molar-refractivity contribution in [1.29, 1.82) is 0 Å². The minimum absolute atomic E-state index is 0.732. The van der Waals surface area contributed by atoms with Crippen LogP contribution in [-0.2, 0) is 0 Å². The van der Waals surface area contributed by atoms with Gasteiger partial charge in [0.05, 0.1) is 9.50 Å². The number of hydrogen-bond donors (Lipinski definition) is 1. The molecule has 1 nitrogen and oxygen atoms in total. The molecule has 0 unspecified atom stereocenters. The van der Waals surface area contributed by atoms with Gasteiger partial charge in [0.15, 0.2) is 0 Å². The highest BCUT2D eigenvalue weighted by molar-refractivity contribution is 9.10. The first-order chi connectivity index (χ1) is 7.19. The predicted octanol–water partition coefficient (Wildman–Crippen LogP) is 4.95. The fraction of sp³-hybridized carbons (Fsp3) is 0.500. The Labute approximate surface area is 105 Å². The van der Waals surface area contributed by atoms with Gasteiger partial charge in [-0.1, -0.05) is 44.4 Å². The molecule has 0 aliphatic carbocycles. The maximum absolute atomic E-state index is 6.01. The second-order valence-electron chi connectivity index (χ2n) is 3.66. The maximum atomic E-state index is 6.01. The first-order valence-corrected chi connectivity index (χ1v) is 6.54. The molecule has 0 bridgehead atoms. The standard InChI is InChI=1S/C12H17BrClN/c1-3-9(4-2)8-15-11-7-5-6-10(14)12(11)13/h5-7,9,15H,3-4,8H2,1-2H3. The summed E-state index contributed by atoms with van der Waals surface area (Å²) in [7, 11) is 0. The van der Waals surface area contributed by atoms with E-state index >= 15 is 0 Å². The fourth-order valence-corrected chi connectivity index (χ4v) is 2.05. The molecule has 0 fully saturated rings. The van der Waals surface area contributed by atoms with Crippen LogP contribution < -0.4 is 5.32 Å². The molecule has 1 aromatic rings. The van der Waals surface area contributed by atoms with E-state index in [-0.39, 0.29) is 0 Å². The van der Waals surface area contributed by atoms with Crippen molar-refractivity contribution >= 4 is 33.2 Å². The Kier molecular flexibility index (Phi) is 5.48. The Hall–Kier alpha value is -0.210. The lowest BCUT2D eigenvalue weighted by Crippen LogP contribution is -2.12. The van der Waals surface area contributed by atoms with E-state index < -0.39 is 0 Å². The van der Waals surface area contributed by atoms with Crippen LogP contribution in [0, 0.1) is 5.92 Å². The van der Waals surface area contributed by atoms with E-state index in [0.717, 1.165) is 27.6 Å². The maximum Gasteiger partial charge on any atom is 0.0593 e. The first kappa shape index (κ1) is 12.9. The zero-order chi connectivity index (χ0) is 11.3. The lowest BCUT2D eigenvalue weighted by atomic mass is 10.0. The van der Waals surface area contributed by atoms with Crippen molar-refractivity contribution in [2.24, 2.45) is 5.92 Å². The van der Waals surface area contributed by atoms with Crippen LogP contribution in [0.4, 0.5) is 5.69 Å². The van der Waals surface area contributed by atoms with E-state index in [1.165, 1.54) is 12.8 Å². The van der Waals surface area contributed by atoms with Gasteiger partial charge in [-0.15, -0.1) is 0 Å². The molecule has 0 atom stereocenters. The van der Waals surface area contributed by atoms with Crippen molar-refractivity contribution in [3.05, 3.63) is 27.7 Å². The van der Waals surface area contributed by atoms with Crippen LogP contribution in [0.2, 0.25) is 5.02 Å². The summed E-state index contributed by atoms with van der Waals surface area (Å²) in [6.07, 6.45) is 2.42. The third-order valence-corrected chi connectivity index (χ3v) is 4.09. The predicted molar refractivity (Wildman–Crippen MR) is 71.7 cm³/mol. The van der Waals surface area contributed by atoms with Crippen molar-refractivity contribution in [3.8, 4) is 0 Å². The Bertz CT molecular complexity index is 310. The molecule has 15 heavy (non-hydrogen) atoms. The van der Waals surface area contributed by atoms with Gasteiger partial charge in [0.1, 0.15) is 0 Å². The van der Waals surface area contributed by atoms with E-state index in [2.05, 4.69) is 35.1 Å². The minimum atomic E-state index is 0.732. The number of benzene rings is 1. The van der Waals surface area contributed by atoms with E-state index in [9.17, 15) is 0 Å². The molecular formula is C12H17BrClN. The van der Waals surface area contributed by atoms with Crippen LogP contribution in [0.15, 0.2) is 22.7 Å². The average molecular weight is 291 g/mol. The van der Waals surface area contributed by atoms with Crippen LogP contribution in [-0.4, -0.2) is 6.54 Å². The Balaban J connectivity index is 2.61. The molecule has 0 heterocycles. The van der Waals surface area contributed by atoms with Gasteiger partial charge in [-0.25, -0.2) is 0 Å². The number of rotatable bonds is 5. The molecule has 0 saturated heterocycles. The van der Waals surface area contributed by atoms with Gasteiger partial charge in [-0.3, -0.25) is 0 Å². The van der Waals surface area contributed by atoms with Gasteiger partial charge < -0.3 is 5.32 Å². The van der Waals surface area contributed by atoms with Gasteiger partial charge >= 0.3 is 0 Å². The number of anilines is 1. The van der Waals surface area contributed by atoms with Crippen molar-refractivity contribution in [2.45, 2.75) is 26.7 Å². The van der Waals surface area contributed by atoms with Gasteiger partial charge in [-0.2, -0.15) is 0 Å². The van der Waals surface area contributed by atoms with Gasteiger partial charge in [0.2, 0.25) is 0 Å². The van der Waals surface area contributed by atoms with Crippen LogP contribution in [0.1, 0.15) is 26.7 Å². The summed E-state index contributed by atoms with van der Waals surface area (Å²) in [6, 6.07) is 5.88. The topological polar surface area (TPSA) is 12.0 Å². The summed E-state index contributed by atoms with van der Waals surface area (Å²) in [6.45, 7) is 5.46. The third-order valence-electron chi connectivity index (χ3n) is 2.69. The summed E-state index contributed by atoms with van der Waals surface area (Å²) in [5.74, 6) is 0.732. The van der Waals surface area contributed by atoms with Crippen LogP contribution in [0.5, 0.6) is 0 Å². The highest BCUT2D eigenvalue weighted by Crippen LogP contribution is 2.30. The SMILES string of the molecule is CCC(CC)CNc1cccc(Cl)c1Br. The molecule has 0 saturated carbocycles. The summed E-state index contributed by atoms with van der Waals surface area (Å²) in [5.41, 5.74) is 1.08. The van der Waals surface area contributed by atoms with Crippen LogP contribution in [0.25, 0.3) is 0 Å². The van der Waals surface area contributed by atoms with Crippen LogP contribution in [0.3, 0.4) is 0 Å². The average Bonchev–Trinajstić information content (AvgIpc) is 2.25. The van der Waals surface area contributed by atoms with Gasteiger partial charge in [-0.05, 0) is 34.0 Å². The monoisotopic (exact) mass is 289 g/mol. The molecule has 3 heteroatoms. The van der Waals surface area contributed by atoms with E-state index in [1.807, 2.05) is 18.2 Å². The van der Waals surface area contributed by atoms with Crippen LogP contribution >= 0.6 is 27.5 Å². The molecule has 0 aliphatic rings. The smallest absolute Gasteiger partial charge is 0.0593 e. The molecule has 1 rings (SSSR count). The quantitative estimate of drug-likeness (QED) is 0.809. The fourth-order valence-electron chi connectivity index (χ4n) is 1.47. The van der Waals surface area contributed by atoms with Crippen molar-refractivity contribution < 1.29 is 0 Å². The summed E-state index contributed by atoms with van der Waals surface area (Å²) in [5, 5.41) is 4.18. The number of halogens is 2. The molecule has 84 valence electrons. The Morgan fingerprint density at radius 3 is 2.60 bits per heavy atom. The second-order valence-corrected chi connectivity index (χ2v) is 4.86. The molecular weight excluding hydrogens is 273 g/mol. The molecule has 0 spiro atoms. The zero-order valence-corrected chi connectivity index (χ0v) is 11.5. The largest absolute Gasteiger partial charge is 0.384 e. The normalized spacial score (nSPS) is 10.7. The summed E-state index contributed by atoms with van der Waals surface area (Å²) in [4.78, 5) is 0. The van der Waals surface area contributed by atoms with E-state index in [0.29, 0.717) is 0 Å². The molecule has 0 amide bonds. The summed E-state index contributed by atoms with van der Waals surface area (Å²) >= 11 is 9.49. The van der Waals surface area contributed by atoms with Crippen molar-refractivity contribution in [2.75, 3.05) is 11.9 Å². The minimum Gasteiger partial charge on any atom is -0.384 e. The van der Waals surface area contributed by atoms with E-state index in [1.54, 1.807) is 0 Å². The number of hydrogen-bond acceptors (Lipinski definition) is 1. The first-order valence-electron chi connectivity index (χ1n) is 5.36. The van der Waals surface area contributed by atoms with E-state index in [4.69, 9.17) is 11.6 Å². The Morgan fingerprint density at radius 1 is 1.33 bits per heavy atom. The molecule has 1 N–H and O–H groups in total. The zero-order valence-electron chi connectivity index (χ0n) is 9.19. The summed E-state index contributed by atoms with van der Waals surface area (Å²) < 4.78 is 0.956. The second kappa shape index (κ2) is 6.39. The van der Waals surface area contributed by atoms with Gasteiger partial charge in [0, 0.05) is 12.2 Å². The molecule has 0 aliphatic heterocycles. The van der Waals surface area contributed by atoms with Gasteiger partial charge in [0.25, 0.3) is 0 Å². The lowest BCUT2D eigenvalue weighted by molar-refractivity contribution is 0.519. The highest BCUT2D eigenvalue weighted by Gasteiger charge is 2.06. The molecule has 0 radical (unpaired) electrons. The lowest BCUT2D eigenvalue weighted by Gasteiger charge is -2.15. The molecule has 0 aromatic heterocycles.